The van der Waals surface area contributed by atoms with Gasteiger partial charge in [-0.15, -0.1) is 0 Å². The highest BCUT2D eigenvalue weighted by atomic mass is 32.2. The summed E-state index contributed by atoms with van der Waals surface area (Å²) in [6.07, 6.45) is 2.31. The highest BCUT2D eigenvalue weighted by Crippen LogP contribution is 2.33. The second kappa shape index (κ2) is 4.33. The van der Waals surface area contributed by atoms with Crippen LogP contribution in [0, 0.1) is 0 Å². The number of H-pyrrole nitrogens is 1. The molecule has 0 radical (unpaired) electrons. The predicted molar refractivity (Wildman–Crippen MR) is 80.8 cm³/mol. The molecule has 0 saturated carbocycles. The zero-order valence-corrected chi connectivity index (χ0v) is 12.0. The van der Waals surface area contributed by atoms with Gasteiger partial charge in [-0.2, -0.15) is 0 Å². The lowest BCUT2D eigenvalue weighted by molar-refractivity contribution is 0.592. The largest absolute Gasteiger partial charge is 0.345 e. The second-order valence-electron chi connectivity index (χ2n) is 5.04. The van der Waals surface area contributed by atoms with Crippen molar-refractivity contribution in [3.05, 3.63) is 54.4 Å². The highest BCUT2D eigenvalue weighted by Gasteiger charge is 2.30. The average Bonchev–Trinajstić information content (AvgIpc) is 3.13. The van der Waals surface area contributed by atoms with Gasteiger partial charge in [-0.3, -0.25) is 4.31 Å². The molecule has 3 aromatic rings. The van der Waals surface area contributed by atoms with Gasteiger partial charge in [-0.05, 0) is 36.2 Å². The predicted octanol–water partition coefficient (Wildman–Crippen LogP) is 2.31. The maximum absolute atomic E-state index is 12.9. The van der Waals surface area contributed by atoms with Gasteiger partial charge in [-0.25, -0.2) is 13.4 Å². The number of aromatic nitrogens is 2. The van der Waals surface area contributed by atoms with Gasteiger partial charge >= 0.3 is 0 Å². The first-order valence-corrected chi connectivity index (χ1v) is 8.14. The fraction of sp³-hybridized carbons (Fsp3) is 0.133. The van der Waals surface area contributed by atoms with E-state index in [1.165, 1.54) is 4.31 Å². The lowest BCUT2D eigenvalue weighted by Gasteiger charge is -2.19. The maximum Gasteiger partial charge on any atom is 0.264 e. The molecule has 21 heavy (non-hydrogen) atoms. The molecule has 0 fully saturated rings. The number of fused-ring (bicyclic) bond motifs is 2. The van der Waals surface area contributed by atoms with Crippen LogP contribution in [0.1, 0.15) is 5.56 Å². The van der Waals surface area contributed by atoms with Crippen LogP contribution in [0.25, 0.3) is 11.0 Å². The minimum absolute atomic E-state index is 0.288. The van der Waals surface area contributed by atoms with Gasteiger partial charge in [0.2, 0.25) is 0 Å². The molecule has 0 unspecified atom stereocenters. The van der Waals surface area contributed by atoms with Crippen LogP contribution in [0.2, 0.25) is 0 Å². The monoisotopic (exact) mass is 299 g/mol. The van der Waals surface area contributed by atoms with Crippen LogP contribution >= 0.6 is 0 Å². The normalized spacial score (nSPS) is 14.6. The van der Waals surface area contributed by atoms with Gasteiger partial charge < -0.3 is 4.98 Å². The molecule has 4 rings (SSSR count). The molecule has 106 valence electrons. The van der Waals surface area contributed by atoms with E-state index in [4.69, 9.17) is 0 Å². The fourth-order valence-electron chi connectivity index (χ4n) is 2.76. The highest BCUT2D eigenvalue weighted by molar-refractivity contribution is 7.92. The van der Waals surface area contributed by atoms with Crippen molar-refractivity contribution in [1.82, 2.24) is 9.97 Å². The van der Waals surface area contributed by atoms with Gasteiger partial charge in [-0.1, -0.05) is 18.2 Å². The van der Waals surface area contributed by atoms with Gasteiger partial charge in [0.25, 0.3) is 10.0 Å². The molecule has 0 bridgehead atoms. The molecular weight excluding hydrogens is 286 g/mol. The molecule has 1 aromatic heterocycles. The Labute approximate surface area is 122 Å². The minimum atomic E-state index is -3.54. The van der Waals surface area contributed by atoms with E-state index >= 15 is 0 Å². The fourth-order valence-corrected chi connectivity index (χ4v) is 4.29. The number of hydrogen-bond acceptors (Lipinski definition) is 3. The van der Waals surface area contributed by atoms with Crippen molar-refractivity contribution in [2.45, 2.75) is 11.3 Å². The summed E-state index contributed by atoms with van der Waals surface area (Å²) in [7, 11) is -3.54. The molecule has 0 spiro atoms. The van der Waals surface area contributed by atoms with Crippen LogP contribution in [0.15, 0.2) is 53.7 Å². The summed E-state index contributed by atoms with van der Waals surface area (Å²) >= 11 is 0. The number of sulfonamides is 1. The molecule has 1 aliphatic rings. The number of nitrogens with one attached hydrogen (secondary N) is 1. The number of imidazole rings is 1. The molecule has 0 aliphatic carbocycles. The Kier molecular flexibility index (Phi) is 2.56. The van der Waals surface area contributed by atoms with E-state index in [0.29, 0.717) is 6.54 Å². The van der Waals surface area contributed by atoms with Crippen molar-refractivity contribution in [2.24, 2.45) is 0 Å². The number of para-hydroxylation sites is 1. The zero-order chi connectivity index (χ0) is 14.4. The maximum atomic E-state index is 12.9. The molecule has 2 heterocycles. The first-order chi connectivity index (χ1) is 10.2. The Morgan fingerprint density at radius 2 is 2.00 bits per heavy atom. The Bertz CT molecular complexity index is 931. The summed E-state index contributed by atoms with van der Waals surface area (Å²) in [5.74, 6) is 0. The molecular formula is C15H13N3O2S. The minimum Gasteiger partial charge on any atom is -0.345 e. The first kappa shape index (κ1) is 12.4. The van der Waals surface area contributed by atoms with Gasteiger partial charge in [0, 0.05) is 6.54 Å². The number of anilines is 1. The van der Waals surface area contributed by atoms with Crippen molar-refractivity contribution in [3.8, 4) is 0 Å². The molecule has 0 atom stereocenters. The topological polar surface area (TPSA) is 66.1 Å². The van der Waals surface area contributed by atoms with Crippen molar-refractivity contribution in [1.29, 1.82) is 0 Å². The van der Waals surface area contributed by atoms with Crippen molar-refractivity contribution in [2.75, 3.05) is 10.8 Å². The van der Waals surface area contributed by atoms with Crippen LogP contribution in [0.3, 0.4) is 0 Å². The molecule has 6 heteroatoms. The van der Waals surface area contributed by atoms with Crippen molar-refractivity contribution < 1.29 is 8.42 Å². The number of benzene rings is 2. The lowest BCUT2D eigenvalue weighted by Crippen LogP contribution is -2.29. The first-order valence-electron chi connectivity index (χ1n) is 6.70. The van der Waals surface area contributed by atoms with Crippen LogP contribution in [-0.2, 0) is 16.4 Å². The van der Waals surface area contributed by atoms with E-state index in [9.17, 15) is 8.42 Å². The summed E-state index contributed by atoms with van der Waals surface area (Å²) in [6.45, 7) is 0.489. The SMILES string of the molecule is O=S(=O)(c1ccc2nc[nH]c2c1)N1CCc2ccccc21. The van der Waals surface area contributed by atoms with Gasteiger partial charge in [0.1, 0.15) is 0 Å². The molecule has 1 aliphatic heterocycles. The summed E-state index contributed by atoms with van der Waals surface area (Å²) in [5, 5.41) is 0. The lowest BCUT2D eigenvalue weighted by atomic mass is 10.2. The molecule has 2 aromatic carbocycles. The van der Waals surface area contributed by atoms with Crippen LogP contribution in [-0.4, -0.2) is 24.9 Å². The van der Waals surface area contributed by atoms with Gasteiger partial charge in [0.05, 0.1) is 27.9 Å². The second-order valence-corrected chi connectivity index (χ2v) is 6.90. The summed E-state index contributed by atoms with van der Waals surface area (Å²) in [4.78, 5) is 7.35. The zero-order valence-electron chi connectivity index (χ0n) is 11.2. The molecule has 5 nitrogen and oxygen atoms in total. The number of rotatable bonds is 2. The van der Waals surface area contributed by atoms with Gasteiger partial charge in [0.15, 0.2) is 0 Å². The molecule has 0 amide bonds. The van der Waals surface area contributed by atoms with Crippen LogP contribution < -0.4 is 4.31 Å². The third-order valence-electron chi connectivity index (χ3n) is 3.82. The van der Waals surface area contributed by atoms with E-state index in [0.717, 1.165) is 28.7 Å². The molecule has 1 N–H and O–H groups in total. The third kappa shape index (κ3) is 1.83. The summed E-state index contributed by atoms with van der Waals surface area (Å²) in [6, 6.07) is 12.6. The number of hydrogen-bond donors (Lipinski definition) is 1. The van der Waals surface area contributed by atoms with E-state index in [1.54, 1.807) is 24.5 Å². The van der Waals surface area contributed by atoms with Crippen molar-refractivity contribution >= 4 is 26.7 Å². The smallest absolute Gasteiger partial charge is 0.264 e. The van der Waals surface area contributed by atoms with Crippen LogP contribution in [0.5, 0.6) is 0 Å². The van der Waals surface area contributed by atoms with Crippen LogP contribution in [0.4, 0.5) is 5.69 Å². The Hall–Kier alpha value is -2.34. The van der Waals surface area contributed by atoms with E-state index in [-0.39, 0.29) is 4.90 Å². The Morgan fingerprint density at radius 3 is 2.90 bits per heavy atom. The number of nitrogens with zero attached hydrogens (tertiary/aromatic N) is 2. The summed E-state index contributed by atoms with van der Waals surface area (Å²) in [5.41, 5.74) is 3.34. The third-order valence-corrected chi connectivity index (χ3v) is 5.63. The summed E-state index contributed by atoms with van der Waals surface area (Å²) < 4.78 is 27.2. The van der Waals surface area contributed by atoms with E-state index in [2.05, 4.69) is 9.97 Å². The quantitative estimate of drug-likeness (QED) is 0.789. The van der Waals surface area contributed by atoms with E-state index in [1.807, 2.05) is 24.3 Å². The standard InChI is InChI=1S/C15H13N3O2S/c19-21(20,12-5-6-13-14(9-12)17-10-16-13)18-8-7-11-3-1-2-4-15(11)18/h1-6,9-10H,7-8H2,(H,16,17). The van der Waals surface area contributed by atoms with Crippen molar-refractivity contribution in [3.63, 3.8) is 0 Å². The molecule has 0 saturated heterocycles. The Balaban J connectivity index is 1.83. The van der Waals surface area contributed by atoms with E-state index < -0.39 is 10.0 Å². The number of aromatic amines is 1. The average molecular weight is 299 g/mol. The Morgan fingerprint density at radius 1 is 1.14 bits per heavy atom.